The van der Waals surface area contributed by atoms with E-state index in [1.807, 2.05) is 30.5 Å². The van der Waals surface area contributed by atoms with Gasteiger partial charge in [-0.15, -0.1) is 11.8 Å². The van der Waals surface area contributed by atoms with Crippen LogP contribution < -0.4 is 9.80 Å². The monoisotopic (exact) mass is 356 g/mol. The van der Waals surface area contributed by atoms with Crippen molar-refractivity contribution in [3.05, 3.63) is 54.1 Å². The molecule has 6 heteroatoms. The molecule has 130 valence electrons. The van der Waals surface area contributed by atoms with Crippen molar-refractivity contribution in [3.63, 3.8) is 0 Å². The van der Waals surface area contributed by atoms with Crippen LogP contribution >= 0.6 is 11.8 Å². The van der Waals surface area contributed by atoms with Gasteiger partial charge in [-0.25, -0.2) is 9.59 Å². The van der Waals surface area contributed by atoms with Gasteiger partial charge in [-0.1, -0.05) is 0 Å². The maximum atomic E-state index is 12.7. The minimum atomic E-state index is -0.350. The molecule has 0 atom stereocenters. The third-order valence-electron chi connectivity index (χ3n) is 4.08. The molecule has 0 radical (unpaired) electrons. The molecule has 0 spiro atoms. The third kappa shape index (κ3) is 3.64. The van der Waals surface area contributed by atoms with Crippen molar-refractivity contribution in [2.45, 2.75) is 11.8 Å². The molecule has 1 aliphatic rings. The van der Waals surface area contributed by atoms with Crippen LogP contribution in [0.15, 0.2) is 53.4 Å². The second-order valence-corrected chi connectivity index (χ2v) is 6.43. The van der Waals surface area contributed by atoms with Gasteiger partial charge < -0.3 is 4.74 Å². The highest BCUT2D eigenvalue weighted by Gasteiger charge is 2.30. The van der Waals surface area contributed by atoms with Crippen LogP contribution in [0.5, 0.6) is 0 Å². The number of carbonyl (C=O) groups excluding carboxylic acids is 2. The predicted octanol–water partition coefficient (Wildman–Crippen LogP) is 4.03. The number of urea groups is 1. The molecule has 1 aliphatic heterocycles. The minimum Gasteiger partial charge on any atom is -0.462 e. The molecular formula is C19H20N2O3S. The van der Waals surface area contributed by atoms with E-state index in [-0.39, 0.29) is 12.0 Å². The van der Waals surface area contributed by atoms with Crippen LogP contribution in [0.25, 0.3) is 0 Å². The summed E-state index contributed by atoms with van der Waals surface area (Å²) in [6.45, 7) is 3.36. The molecule has 0 N–H and O–H groups in total. The third-order valence-corrected chi connectivity index (χ3v) is 4.83. The molecule has 0 unspecified atom stereocenters. The van der Waals surface area contributed by atoms with Crippen LogP contribution in [-0.4, -0.2) is 38.0 Å². The summed E-state index contributed by atoms with van der Waals surface area (Å²) in [6, 6.07) is 14.9. The van der Waals surface area contributed by atoms with Crippen LogP contribution in [-0.2, 0) is 4.74 Å². The van der Waals surface area contributed by atoms with Gasteiger partial charge in [-0.2, -0.15) is 0 Å². The van der Waals surface area contributed by atoms with E-state index in [9.17, 15) is 9.59 Å². The zero-order valence-corrected chi connectivity index (χ0v) is 15.1. The van der Waals surface area contributed by atoms with Crippen LogP contribution in [0, 0.1) is 0 Å². The molecule has 1 fully saturated rings. The molecule has 1 heterocycles. The lowest BCUT2D eigenvalue weighted by atomic mass is 10.2. The molecule has 5 nitrogen and oxygen atoms in total. The van der Waals surface area contributed by atoms with Gasteiger partial charge in [0.1, 0.15) is 0 Å². The number of esters is 1. The number of thioether (sulfide) groups is 1. The van der Waals surface area contributed by atoms with Crippen LogP contribution in [0.4, 0.5) is 16.2 Å². The van der Waals surface area contributed by atoms with Crippen LogP contribution in [0.1, 0.15) is 17.3 Å². The Morgan fingerprint density at radius 3 is 2.00 bits per heavy atom. The zero-order chi connectivity index (χ0) is 17.8. The Morgan fingerprint density at radius 1 is 1.00 bits per heavy atom. The van der Waals surface area contributed by atoms with Crippen molar-refractivity contribution >= 4 is 35.1 Å². The number of benzene rings is 2. The molecule has 0 saturated carbocycles. The van der Waals surface area contributed by atoms with E-state index in [1.165, 1.54) is 4.90 Å². The molecular weight excluding hydrogens is 336 g/mol. The average molecular weight is 356 g/mol. The largest absolute Gasteiger partial charge is 0.462 e. The lowest BCUT2D eigenvalue weighted by Gasteiger charge is -2.19. The second kappa shape index (κ2) is 7.61. The molecule has 2 aromatic rings. The number of anilines is 2. The fourth-order valence-corrected chi connectivity index (χ4v) is 3.18. The van der Waals surface area contributed by atoms with E-state index in [1.54, 1.807) is 52.8 Å². The molecule has 3 rings (SSSR count). The van der Waals surface area contributed by atoms with Gasteiger partial charge in [0, 0.05) is 29.4 Å². The van der Waals surface area contributed by atoms with E-state index in [0.29, 0.717) is 25.3 Å². The quantitative estimate of drug-likeness (QED) is 0.599. The summed E-state index contributed by atoms with van der Waals surface area (Å²) >= 11 is 1.67. The Labute approximate surface area is 151 Å². The van der Waals surface area contributed by atoms with E-state index in [4.69, 9.17) is 4.74 Å². The molecule has 1 saturated heterocycles. The van der Waals surface area contributed by atoms with Gasteiger partial charge in [0.05, 0.1) is 12.2 Å². The first-order valence-electron chi connectivity index (χ1n) is 8.14. The van der Waals surface area contributed by atoms with Crippen molar-refractivity contribution in [2.24, 2.45) is 0 Å². The number of amides is 2. The standard InChI is InChI=1S/C19H20N2O3S/c1-3-24-18(22)14-4-6-15(7-5-14)20-12-13-21(19(20)23)16-8-10-17(25-2)11-9-16/h4-11H,3,12-13H2,1-2H3. The van der Waals surface area contributed by atoms with Crippen molar-refractivity contribution in [3.8, 4) is 0 Å². The smallest absolute Gasteiger partial charge is 0.338 e. The van der Waals surface area contributed by atoms with Gasteiger partial charge in [0.25, 0.3) is 0 Å². The Hall–Kier alpha value is -2.47. The number of rotatable bonds is 5. The zero-order valence-electron chi connectivity index (χ0n) is 14.3. The number of carbonyl (C=O) groups is 2. The molecule has 0 bridgehead atoms. The van der Waals surface area contributed by atoms with Gasteiger partial charge in [0.15, 0.2) is 0 Å². The number of hydrogen-bond acceptors (Lipinski definition) is 4. The van der Waals surface area contributed by atoms with Gasteiger partial charge >= 0.3 is 12.0 Å². The lowest BCUT2D eigenvalue weighted by molar-refractivity contribution is 0.0526. The highest BCUT2D eigenvalue weighted by atomic mass is 32.2. The fourth-order valence-electron chi connectivity index (χ4n) is 2.77. The molecule has 0 aliphatic carbocycles. The Kier molecular flexibility index (Phi) is 5.28. The van der Waals surface area contributed by atoms with Crippen LogP contribution in [0.3, 0.4) is 0 Å². The number of hydrogen-bond donors (Lipinski definition) is 0. The molecule has 25 heavy (non-hydrogen) atoms. The van der Waals surface area contributed by atoms with Crippen molar-refractivity contribution in [1.29, 1.82) is 0 Å². The lowest BCUT2D eigenvalue weighted by Crippen LogP contribution is -2.31. The van der Waals surface area contributed by atoms with E-state index in [2.05, 4.69) is 0 Å². The van der Waals surface area contributed by atoms with E-state index >= 15 is 0 Å². The van der Waals surface area contributed by atoms with Crippen LogP contribution in [0.2, 0.25) is 0 Å². The maximum absolute atomic E-state index is 12.7. The van der Waals surface area contributed by atoms with E-state index < -0.39 is 0 Å². The minimum absolute atomic E-state index is 0.0548. The average Bonchev–Trinajstić information content (AvgIpc) is 3.03. The Morgan fingerprint density at radius 2 is 1.52 bits per heavy atom. The van der Waals surface area contributed by atoms with Gasteiger partial charge in [-0.05, 0) is 61.7 Å². The topological polar surface area (TPSA) is 49.9 Å². The summed E-state index contributed by atoms with van der Waals surface area (Å²) in [7, 11) is 0. The van der Waals surface area contributed by atoms with E-state index in [0.717, 1.165) is 11.4 Å². The van der Waals surface area contributed by atoms with Crippen molar-refractivity contribution in [2.75, 3.05) is 35.8 Å². The summed E-state index contributed by atoms with van der Waals surface area (Å²) in [6.07, 6.45) is 2.03. The number of nitrogens with zero attached hydrogens (tertiary/aromatic N) is 2. The second-order valence-electron chi connectivity index (χ2n) is 5.55. The summed E-state index contributed by atoms with van der Waals surface area (Å²) in [5, 5.41) is 0. The Balaban J connectivity index is 1.74. The summed E-state index contributed by atoms with van der Waals surface area (Å²) < 4.78 is 4.98. The molecule has 2 aromatic carbocycles. The van der Waals surface area contributed by atoms with Crippen molar-refractivity contribution < 1.29 is 14.3 Å². The first-order valence-corrected chi connectivity index (χ1v) is 9.36. The highest BCUT2D eigenvalue weighted by Crippen LogP contribution is 2.27. The first kappa shape index (κ1) is 17.4. The summed E-state index contributed by atoms with van der Waals surface area (Å²) in [5.41, 5.74) is 2.16. The Bertz CT molecular complexity index is 759. The highest BCUT2D eigenvalue weighted by molar-refractivity contribution is 7.98. The first-order chi connectivity index (χ1) is 12.1. The normalized spacial score (nSPS) is 14.1. The molecule has 2 amide bonds. The number of ether oxygens (including phenoxy) is 1. The van der Waals surface area contributed by atoms with Gasteiger partial charge in [-0.3, -0.25) is 9.80 Å². The SMILES string of the molecule is CCOC(=O)c1ccc(N2CCN(c3ccc(SC)cc3)C2=O)cc1. The summed E-state index contributed by atoms with van der Waals surface area (Å²) in [5.74, 6) is -0.350. The predicted molar refractivity (Wildman–Crippen MR) is 101 cm³/mol. The molecule has 0 aromatic heterocycles. The van der Waals surface area contributed by atoms with Crippen molar-refractivity contribution in [1.82, 2.24) is 0 Å². The van der Waals surface area contributed by atoms with Gasteiger partial charge in [0.2, 0.25) is 0 Å². The summed E-state index contributed by atoms with van der Waals surface area (Å²) in [4.78, 5) is 29.1. The maximum Gasteiger partial charge on any atom is 0.338 e. The fraction of sp³-hybridized carbons (Fsp3) is 0.263.